The van der Waals surface area contributed by atoms with Gasteiger partial charge in [-0.25, -0.2) is 13.1 Å². The van der Waals surface area contributed by atoms with E-state index in [0.717, 1.165) is 60.9 Å². The predicted molar refractivity (Wildman–Crippen MR) is 128 cm³/mol. The lowest BCUT2D eigenvalue weighted by Crippen LogP contribution is -2.50. The van der Waals surface area contributed by atoms with Crippen LogP contribution in [-0.2, 0) is 21.8 Å². The van der Waals surface area contributed by atoms with Crippen molar-refractivity contribution in [3.63, 3.8) is 0 Å². The third kappa shape index (κ3) is 4.26. The van der Waals surface area contributed by atoms with Gasteiger partial charge in [-0.1, -0.05) is 6.92 Å². The Morgan fingerprint density at radius 3 is 2.71 bits per heavy atom. The van der Waals surface area contributed by atoms with Crippen LogP contribution in [0.15, 0.2) is 29.6 Å². The van der Waals surface area contributed by atoms with Crippen molar-refractivity contribution in [1.29, 1.82) is 0 Å². The number of hydrogen-bond acceptors (Lipinski definition) is 7. The average Bonchev–Trinajstić information content (AvgIpc) is 3.46. The predicted octanol–water partition coefficient (Wildman–Crippen LogP) is 2.63. The number of aromatic nitrogens is 5. The summed E-state index contributed by atoms with van der Waals surface area (Å²) in [4.78, 5) is 3.68. The molecule has 2 fully saturated rings. The van der Waals surface area contributed by atoms with Gasteiger partial charge < -0.3 is 4.74 Å². The fourth-order valence-electron chi connectivity index (χ4n) is 5.16. The second-order valence-corrected chi connectivity index (χ2v) is 11.1. The first-order valence-electron chi connectivity index (χ1n) is 12.1. The van der Waals surface area contributed by atoms with Gasteiger partial charge in [-0.2, -0.15) is 19.3 Å². The maximum absolute atomic E-state index is 13.3. The van der Waals surface area contributed by atoms with Crippen molar-refractivity contribution in [2.75, 3.05) is 32.8 Å². The van der Waals surface area contributed by atoms with Crippen LogP contribution in [0.3, 0.4) is 0 Å². The molecule has 3 aromatic rings. The van der Waals surface area contributed by atoms with Gasteiger partial charge in [0.15, 0.2) is 6.23 Å². The molecule has 0 N–H and O–H groups in total. The molecule has 34 heavy (non-hydrogen) atoms. The number of ether oxygens (including phenoxy) is 1. The summed E-state index contributed by atoms with van der Waals surface area (Å²) in [7, 11) is -2.08. The summed E-state index contributed by atoms with van der Waals surface area (Å²) in [5, 5.41) is 13.7. The van der Waals surface area contributed by atoms with Gasteiger partial charge >= 0.3 is 0 Å². The number of rotatable bonds is 6. The maximum Gasteiger partial charge on any atom is 0.264 e. The number of benzene rings is 1. The topological polar surface area (TPSA) is 98.4 Å². The van der Waals surface area contributed by atoms with Gasteiger partial charge in [0, 0.05) is 44.7 Å². The zero-order chi connectivity index (χ0) is 23.9. The van der Waals surface area contributed by atoms with Crippen molar-refractivity contribution < 1.29 is 13.2 Å². The van der Waals surface area contributed by atoms with Crippen LogP contribution in [0.25, 0.3) is 10.9 Å². The van der Waals surface area contributed by atoms with E-state index in [0.29, 0.717) is 19.6 Å². The van der Waals surface area contributed by atoms with E-state index >= 15 is 0 Å². The average molecular weight is 488 g/mol. The molecule has 4 heterocycles. The van der Waals surface area contributed by atoms with Gasteiger partial charge in [0.25, 0.3) is 10.0 Å². The second kappa shape index (κ2) is 9.37. The minimum atomic E-state index is -3.71. The molecule has 0 aliphatic carbocycles. The third-order valence-corrected chi connectivity index (χ3v) is 8.65. The lowest BCUT2D eigenvalue weighted by atomic mass is 9.96. The Labute approximate surface area is 200 Å². The standard InChI is InChI=1S/C23H33N7O3S/c1-4-8-28-9-10-29(34(31,32)22-15-24-27(3)26-22)16-21(28)19-13-18-14-25-30(20(18)12-17(19)2)23-7-5-6-11-33-23/h12-15,21,23H,4-11,16H2,1-3H3. The van der Waals surface area contributed by atoms with E-state index in [1.807, 2.05) is 10.9 Å². The molecule has 184 valence electrons. The smallest absolute Gasteiger partial charge is 0.264 e. The summed E-state index contributed by atoms with van der Waals surface area (Å²) in [5.41, 5.74) is 3.34. The molecule has 0 bridgehead atoms. The Kier molecular flexibility index (Phi) is 6.45. The fraction of sp³-hybridized carbons (Fsp3) is 0.609. The van der Waals surface area contributed by atoms with E-state index in [1.165, 1.54) is 11.0 Å². The molecular weight excluding hydrogens is 454 g/mol. The molecule has 10 nitrogen and oxygen atoms in total. The molecule has 0 saturated carbocycles. The molecule has 2 aliphatic heterocycles. The zero-order valence-electron chi connectivity index (χ0n) is 20.1. The first-order chi connectivity index (χ1) is 16.4. The van der Waals surface area contributed by atoms with E-state index in [4.69, 9.17) is 4.74 Å². The van der Waals surface area contributed by atoms with Crippen LogP contribution < -0.4 is 0 Å². The summed E-state index contributed by atoms with van der Waals surface area (Å²) < 4.78 is 36.1. The Hall–Kier alpha value is -2.34. The van der Waals surface area contributed by atoms with Crippen LogP contribution >= 0.6 is 0 Å². The minimum absolute atomic E-state index is 0.00127. The highest BCUT2D eigenvalue weighted by molar-refractivity contribution is 7.89. The van der Waals surface area contributed by atoms with Crippen LogP contribution in [0.5, 0.6) is 0 Å². The molecule has 5 rings (SSSR count). The largest absolute Gasteiger partial charge is 0.356 e. The Bertz CT molecular complexity index is 1260. The number of hydrogen-bond donors (Lipinski definition) is 0. The van der Waals surface area contributed by atoms with Crippen LogP contribution in [0.4, 0.5) is 0 Å². The second-order valence-electron chi connectivity index (χ2n) is 9.27. The van der Waals surface area contributed by atoms with Crippen LogP contribution in [0.2, 0.25) is 0 Å². The number of nitrogens with zero attached hydrogens (tertiary/aromatic N) is 7. The summed E-state index contributed by atoms with van der Waals surface area (Å²) in [6, 6.07) is 4.32. The molecule has 2 atom stereocenters. The summed E-state index contributed by atoms with van der Waals surface area (Å²) in [5.74, 6) is 0. The molecule has 1 aromatic carbocycles. The van der Waals surface area contributed by atoms with Gasteiger partial charge in [-0.15, -0.1) is 5.10 Å². The normalized spacial score (nSPS) is 23.0. The molecule has 2 aliphatic rings. The van der Waals surface area contributed by atoms with Crippen molar-refractivity contribution in [1.82, 2.24) is 34.0 Å². The van der Waals surface area contributed by atoms with E-state index < -0.39 is 10.0 Å². The lowest BCUT2D eigenvalue weighted by molar-refractivity contribution is -0.0366. The minimum Gasteiger partial charge on any atom is -0.356 e. The van der Waals surface area contributed by atoms with E-state index in [9.17, 15) is 8.42 Å². The molecule has 2 unspecified atom stereocenters. The van der Waals surface area contributed by atoms with E-state index in [2.05, 4.69) is 46.2 Å². The molecule has 2 aromatic heterocycles. The van der Waals surface area contributed by atoms with E-state index in [1.54, 1.807) is 11.4 Å². The summed E-state index contributed by atoms with van der Waals surface area (Å²) >= 11 is 0. The van der Waals surface area contributed by atoms with Crippen molar-refractivity contribution in [3.05, 3.63) is 35.7 Å². The highest BCUT2D eigenvalue weighted by Gasteiger charge is 2.36. The van der Waals surface area contributed by atoms with Crippen molar-refractivity contribution in [3.8, 4) is 0 Å². The van der Waals surface area contributed by atoms with Crippen LogP contribution in [-0.4, -0.2) is 75.2 Å². The number of sulfonamides is 1. The first kappa shape index (κ1) is 23.4. The highest BCUT2D eigenvalue weighted by Crippen LogP contribution is 2.34. The lowest BCUT2D eigenvalue weighted by Gasteiger charge is -2.41. The molecule has 11 heteroatoms. The monoisotopic (exact) mass is 487 g/mol. The van der Waals surface area contributed by atoms with Crippen molar-refractivity contribution in [2.24, 2.45) is 7.05 Å². The Morgan fingerprint density at radius 1 is 1.15 bits per heavy atom. The van der Waals surface area contributed by atoms with Crippen LogP contribution in [0, 0.1) is 6.92 Å². The third-order valence-electron chi connectivity index (χ3n) is 6.92. The zero-order valence-corrected chi connectivity index (χ0v) is 20.9. The summed E-state index contributed by atoms with van der Waals surface area (Å²) in [6.45, 7) is 7.44. The van der Waals surface area contributed by atoms with Crippen molar-refractivity contribution >= 4 is 20.9 Å². The van der Waals surface area contributed by atoms with Gasteiger partial charge in [0.2, 0.25) is 5.03 Å². The number of fused-ring (bicyclic) bond motifs is 1. The van der Waals surface area contributed by atoms with Gasteiger partial charge in [0.1, 0.15) is 0 Å². The molecular formula is C23H33N7O3S. The van der Waals surface area contributed by atoms with Gasteiger partial charge in [-0.3, -0.25) is 4.90 Å². The SMILES string of the molecule is CCCN1CCN(S(=O)(=O)c2cnn(C)n2)CC1c1cc2cnn(C3CCCCO3)c2cc1C. The first-order valence-corrected chi connectivity index (χ1v) is 13.5. The summed E-state index contributed by atoms with van der Waals surface area (Å²) in [6.07, 6.45) is 7.43. The van der Waals surface area contributed by atoms with Crippen LogP contribution in [0.1, 0.15) is 56.0 Å². The quantitative estimate of drug-likeness (QED) is 0.527. The molecule has 0 radical (unpaired) electrons. The molecule has 0 amide bonds. The van der Waals surface area contributed by atoms with Gasteiger partial charge in [0.05, 0.1) is 17.9 Å². The van der Waals surface area contributed by atoms with E-state index in [-0.39, 0.29) is 17.3 Å². The molecule has 0 spiro atoms. The maximum atomic E-state index is 13.3. The molecule has 2 saturated heterocycles. The number of aryl methyl sites for hydroxylation is 2. The fourth-order valence-corrected chi connectivity index (χ4v) is 6.49. The van der Waals surface area contributed by atoms with Gasteiger partial charge in [-0.05, 0) is 62.4 Å². The highest BCUT2D eigenvalue weighted by atomic mass is 32.2. The number of piperazine rings is 1. The van der Waals surface area contributed by atoms with Crippen molar-refractivity contribution in [2.45, 2.75) is 56.8 Å². The Balaban J connectivity index is 1.49. The Morgan fingerprint density at radius 2 is 2.00 bits per heavy atom.